The molecule has 0 aromatic heterocycles. The van der Waals surface area contributed by atoms with Crippen molar-refractivity contribution in [3.63, 3.8) is 0 Å². The number of carbonyl (C=O) groups is 1. The first-order valence-electron chi connectivity index (χ1n) is 1.65. The SMILES string of the molecule is O=C(O)C(O)CF. The maximum atomic E-state index is 11.0. The number of alkyl halides is 1. The topological polar surface area (TPSA) is 57.5 Å². The Morgan fingerprint density at radius 2 is 2.29 bits per heavy atom. The molecule has 7 heavy (non-hydrogen) atoms. The molecular weight excluding hydrogens is 103 g/mol. The zero-order chi connectivity index (χ0) is 5.86. The van der Waals surface area contributed by atoms with Crippen molar-refractivity contribution in [1.29, 1.82) is 0 Å². The number of hydrogen-bond acceptors (Lipinski definition) is 2. The van der Waals surface area contributed by atoms with E-state index in [1.807, 2.05) is 0 Å². The van der Waals surface area contributed by atoms with E-state index < -0.39 is 18.7 Å². The zero-order valence-electron chi connectivity index (χ0n) is 3.47. The smallest absolute Gasteiger partial charge is 0.335 e. The van der Waals surface area contributed by atoms with Crippen LogP contribution in [-0.4, -0.2) is 29.0 Å². The molecule has 2 N–H and O–H groups in total. The summed E-state index contributed by atoms with van der Waals surface area (Å²) in [6.07, 6.45) is -1.85. The van der Waals surface area contributed by atoms with Crippen molar-refractivity contribution >= 4 is 5.97 Å². The fraction of sp³-hybridized carbons (Fsp3) is 0.667. The first-order valence-corrected chi connectivity index (χ1v) is 1.65. The molecule has 0 aliphatic heterocycles. The van der Waals surface area contributed by atoms with E-state index in [1.54, 1.807) is 0 Å². The standard InChI is InChI=1S/C3H5FO3/c4-1-2(5)3(6)7/h2,5H,1H2,(H,6,7). The monoisotopic (exact) mass is 108 g/mol. The number of rotatable bonds is 2. The highest BCUT2D eigenvalue weighted by molar-refractivity contribution is 5.71. The number of carboxylic acids is 1. The van der Waals surface area contributed by atoms with Crippen molar-refractivity contribution < 1.29 is 19.4 Å². The molecule has 0 saturated heterocycles. The Morgan fingerprint density at radius 3 is 2.29 bits per heavy atom. The highest BCUT2D eigenvalue weighted by atomic mass is 19.1. The number of halogens is 1. The molecule has 0 saturated carbocycles. The zero-order valence-corrected chi connectivity index (χ0v) is 3.47. The Balaban J connectivity index is 3.34. The molecule has 42 valence electrons. The summed E-state index contributed by atoms with van der Waals surface area (Å²) in [5.74, 6) is -1.53. The van der Waals surface area contributed by atoms with Crippen molar-refractivity contribution in [2.75, 3.05) is 6.67 Å². The maximum Gasteiger partial charge on any atom is 0.335 e. The molecule has 3 nitrogen and oxygen atoms in total. The Labute approximate surface area is 39.4 Å². The quantitative estimate of drug-likeness (QED) is 0.496. The van der Waals surface area contributed by atoms with E-state index in [9.17, 15) is 9.18 Å². The van der Waals surface area contributed by atoms with Crippen molar-refractivity contribution in [3.05, 3.63) is 0 Å². The molecule has 0 rings (SSSR count). The van der Waals surface area contributed by atoms with Crippen LogP contribution in [0.3, 0.4) is 0 Å². The minimum absolute atomic E-state index is 1.23. The average molecular weight is 108 g/mol. The van der Waals surface area contributed by atoms with Gasteiger partial charge in [-0.05, 0) is 0 Å². The predicted octanol–water partition coefficient (Wildman–Crippen LogP) is -0.599. The molecule has 0 radical (unpaired) electrons. The number of aliphatic hydroxyl groups excluding tert-OH is 1. The molecule has 0 bridgehead atoms. The summed E-state index contributed by atoms with van der Waals surface area (Å²) in [4.78, 5) is 9.44. The van der Waals surface area contributed by atoms with Crippen LogP contribution in [0.5, 0.6) is 0 Å². The fourth-order valence-electron chi connectivity index (χ4n) is 0.0660. The van der Waals surface area contributed by atoms with Gasteiger partial charge in [0.05, 0.1) is 0 Å². The van der Waals surface area contributed by atoms with Gasteiger partial charge < -0.3 is 10.2 Å². The predicted molar refractivity (Wildman–Crippen MR) is 19.6 cm³/mol. The summed E-state index contributed by atoms with van der Waals surface area (Å²) in [7, 11) is 0. The van der Waals surface area contributed by atoms with E-state index in [0.29, 0.717) is 0 Å². The number of aliphatic carboxylic acids is 1. The van der Waals surface area contributed by atoms with Gasteiger partial charge in [-0.2, -0.15) is 0 Å². The summed E-state index contributed by atoms with van der Waals surface area (Å²) >= 11 is 0. The maximum absolute atomic E-state index is 11.0. The fourth-order valence-corrected chi connectivity index (χ4v) is 0.0660. The second-order valence-corrected chi connectivity index (χ2v) is 1.01. The van der Waals surface area contributed by atoms with Gasteiger partial charge in [-0.1, -0.05) is 0 Å². The van der Waals surface area contributed by atoms with Gasteiger partial charge >= 0.3 is 5.97 Å². The largest absolute Gasteiger partial charge is 0.479 e. The van der Waals surface area contributed by atoms with Gasteiger partial charge in [0.2, 0.25) is 0 Å². The Hall–Kier alpha value is -0.640. The molecule has 0 spiro atoms. The molecule has 0 amide bonds. The molecule has 1 unspecified atom stereocenters. The van der Waals surface area contributed by atoms with Crippen LogP contribution in [0.25, 0.3) is 0 Å². The Morgan fingerprint density at radius 1 is 1.86 bits per heavy atom. The lowest BCUT2D eigenvalue weighted by atomic mass is 10.4. The molecule has 0 heterocycles. The number of aliphatic hydroxyl groups is 1. The second-order valence-electron chi connectivity index (χ2n) is 1.01. The third-order valence-corrected chi connectivity index (χ3v) is 0.431. The van der Waals surface area contributed by atoms with Crippen LogP contribution in [0.15, 0.2) is 0 Å². The molecule has 0 aliphatic rings. The molecule has 0 aliphatic carbocycles. The summed E-state index contributed by atoms with van der Waals surface area (Å²) < 4.78 is 11.0. The van der Waals surface area contributed by atoms with E-state index in [1.165, 1.54) is 0 Å². The van der Waals surface area contributed by atoms with Gasteiger partial charge in [0.25, 0.3) is 0 Å². The number of carboxylic acid groups (broad SMARTS) is 1. The van der Waals surface area contributed by atoms with Crippen LogP contribution in [0.2, 0.25) is 0 Å². The summed E-state index contributed by atoms with van der Waals surface area (Å²) in [6.45, 7) is -1.23. The summed E-state index contributed by atoms with van der Waals surface area (Å²) in [6, 6.07) is 0. The highest BCUT2D eigenvalue weighted by Crippen LogP contribution is 1.80. The first kappa shape index (κ1) is 6.36. The summed E-state index contributed by atoms with van der Waals surface area (Å²) in [5.41, 5.74) is 0. The third-order valence-electron chi connectivity index (χ3n) is 0.431. The van der Waals surface area contributed by atoms with Crippen molar-refractivity contribution in [3.8, 4) is 0 Å². The summed E-state index contributed by atoms with van der Waals surface area (Å²) in [5, 5.41) is 15.7. The average Bonchev–Trinajstić information content (AvgIpc) is 1.65. The molecule has 0 fully saturated rings. The molecule has 0 aromatic carbocycles. The van der Waals surface area contributed by atoms with Crippen LogP contribution in [0.4, 0.5) is 4.39 Å². The van der Waals surface area contributed by atoms with E-state index in [-0.39, 0.29) is 0 Å². The third kappa shape index (κ3) is 2.11. The van der Waals surface area contributed by atoms with Crippen LogP contribution >= 0.6 is 0 Å². The highest BCUT2D eigenvalue weighted by Gasteiger charge is 2.10. The second kappa shape index (κ2) is 2.52. The molecule has 4 heteroatoms. The van der Waals surface area contributed by atoms with Gasteiger partial charge in [-0.25, -0.2) is 9.18 Å². The van der Waals surface area contributed by atoms with Gasteiger partial charge in [0.15, 0.2) is 6.10 Å². The van der Waals surface area contributed by atoms with Gasteiger partial charge in [-0.3, -0.25) is 0 Å². The minimum Gasteiger partial charge on any atom is -0.479 e. The molecular formula is C3H5FO3. The lowest BCUT2D eigenvalue weighted by Crippen LogP contribution is -2.20. The Kier molecular flexibility index (Phi) is 2.29. The lowest BCUT2D eigenvalue weighted by molar-refractivity contribution is -0.147. The Bertz CT molecular complexity index is 72.6. The van der Waals surface area contributed by atoms with Crippen LogP contribution in [0.1, 0.15) is 0 Å². The normalized spacial score (nSPS) is 13.4. The minimum atomic E-state index is -1.85. The van der Waals surface area contributed by atoms with Crippen molar-refractivity contribution in [2.24, 2.45) is 0 Å². The first-order chi connectivity index (χ1) is 3.18. The van der Waals surface area contributed by atoms with Gasteiger partial charge in [-0.15, -0.1) is 0 Å². The molecule has 1 atom stereocenters. The lowest BCUT2D eigenvalue weighted by Gasteiger charge is -1.93. The van der Waals surface area contributed by atoms with E-state index in [4.69, 9.17) is 10.2 Å². The van der Waals surface area contributed by atoms with Crippen LogP contribution < -0.4 is 0 Å². The van der Waals surface area contributed by atoms with E-state index in [0.717, 1.165) is 0 Å². The van der Waals surface area contributed by atoms with Crippen LogP contribution in [-0.2, 0) is 4.79 Å². The van der Waals surface area contributed by atoms with Crippen molar-refractivity contribution in [1.82, 2.24) is 0 Å². The van der Waals surface area contributed by atoms with E-state index >= 15 is 0 Å². The van der Waals surface area contributed by atoms with Crippen molar-refractivity contribution in [2.45, 2.75) is 6.10 Å². The molecule has 0 aromatic rings. The number of hydrogen-bond donors (Lipinski definition) is 2. The van der Waals surface area contributed by atoms with E-state index in [2.05, 4.69) is 0 Å². The van der Waals surface area contributed by atoms with Gasteiger partial charge in [0.1, 0.15) is 6.67 Å². The van der Waals surface area contributed by atoms with Crippen LogP contribution in [0, 0.1) is 0 Å². The van der Waals surface area contributed by atoms with Gasteiger partial charge in [0, 0.05) is 0 Å².